The third kappa shape index (κ3) is 2.59. The lowest BCUT2D eigenvalue weighted by Crippen LogP contribution is -2.47. The number of carbonyl (C=O) groups is 1. The standard InChI is InChI=1S/C11H9F3N2O2S/c1-6-2-4-7(5-3-6)15-9-16-10(18,8(17)19-9)11(12,13)14/h2-5,18H,1H3,(H,15,16)/t10-/m1/s1. The van der Waals surface area contributed by atoms with Crippen LogP contribution in [0.2, 0.25) is 0 Å². The number of aliphatic imine (C=N–C) groups is 1. The summed E-state index contributed by atoms with van der Waals surface area (Å²) >= 11 is 0.228. The highest BCUT2D eigenvalue weighted by atomic mass is 32.2. The van der Waals surface area contributed by atoms with Crippen molar-refractivity contribution in [3.8, 4) is 0 Å². The molecule has 1 aromatic rings. The number of nitrogens with zero attached hydrogens (tertiary/aromatic N) is 1. The SMILES string of the molecule is Cc1ccc(NC2=N[C@](O)(C(F)(F)F)C(=O)S2)cc1. The van der Waals surface area contributed by atoms with Gasteiger partial charge in [-0.3, -0.25) is 4.79 Å². The summed E-state index contributed by atoms with van der Waals surface area (Å²) in [6.45, 7) is 1.86. The van der Waals surface area contributed by atoms with Crippen LogP contribution < -0.4 is 5.32 Å². The van der Waals surface area contributed by atoms with Gasteiger partial charge in [-0.25, -0.2) is 4.99 Å². The van der Waals surface area contributed by atoms with E-state index in [0.717, 1.165) is 5.56 Å². The number of nitrogens with one attached hydrogen (secondary N) is 1. The number of carbonyl (C=O) groups excluding carboxylic acids is 1. The molecule has 0 fully saturated rings. The first-order chi connectivity index (χ1) is 8.72. The number of aliphatic hydroxyl groups is 1. The first-order valence-electron chi connectivity index (χ1n) is 5.17. The van der Waals surface area contributed by atoms with Crippen molar-refractivity contribution in [3.63, 3.8) is 0 Å². The molecule has 0 amide bonds. The molecule has 2 rings (SSSR count). The van der Waals surface area contributed by atoms with E-state index in [-0.39, 0.29) is 16.9 Å². The number of aryl methyl sites for hydroxylation is 1. The highest BCUT2D eigenvalue weighted by Gasteiger charge is 2.63. The van der Waals surface area contributed by atoms with Gasteiger partial charge in [0.25, 0.3) is 5.12 Å². The molecule has 1 aliphatic rings. The summed E-state index contributed by atoms with van der Waals surface area (Å²) in [5.41, 5.74) is -2.20. The summed E-state index contributed by atoms with van der Waals surface area (Å²) in [7, 11) is 0. The van der Waals surface area contributed by atoms with E-state index in [9.17, 15) is 23.1 Å². The molecule has 0 bridgehead atoms. The molecule has 4 nitrogen and oxygen atoms in total. The maximum atomic E-state index is 12.5. The van der Waals surface area contributed by atoms with Crippen LogP contribution in [-0.4, -0.2) is 27.3 Å². The average molecular weight is 290 g/mol. The summed E-state index contributed by atoms with van der Waals surface area (Å²) < 4.78 is 37.6. The number of hydrogen-bond acceptors (Lipinski definition) is 5. The van der Waals surface area contributed by atoms with Gasteiger partial charge in [-0.2, -0.15) is 13.2 Å². The van der Waals surface area contributed by atoms with Crippen LogP contribution in [-0.2, 0) is 4.79 Å². The van der Waals surface area contributed by atoms with Crippen LogP contribution in [0.1, 0.15) is 5.56 Å². The molecule has 1 aromatic carbocycles. The van der Waals surface area contributed by atoms with E-state index in [1.807, 2.05) is 6.92 Å². The van der Waals surface area contributed by atoms with Gasteiger partial charge >= 0.3 is 11.9 Å². The predicted octanol–water partition coefficient (Wildman–Crippen LogP) is 2.29. The van der Waals surface area contributed by atoms with Crippen molar-refractivity contribution in [2.75, 3.05) is 5.32 Å². The summed E-state index contributed by atoms with van der Waals surface area (Å²) in [4.78, 5) is 14.3. The second-order valence-corrected chi connectivity index (χ2v) is 4.93. The average Bonchev–Trinajstić information content (AvgIpc) is 2.58. The maximum absolute atomic E-state index is 12.5. The largest absolute Gasteiger partial charge is 0.447 e. The van der Waals surface area contributed by atoms with E-state index < -0.39 is 17.0 Å². The fourth-order valence-electron chi connectivity index (χ4n) is 1.37. The van der Waals surface area contributed by atoms with Gasteiger partial charge in [0.1, 0.15) is 0 Å². The van der Waals surface area contributed by atoms with Crippen LogP contribution in [0, 0.1) is 6.92 Å². The minimum absolute atomic E-state index is 0.228. The van der Waals surface area contributed by atoms with Crippen LogP contribution >= 0.6 is 11.8 Å². The normalized spacial score (nSPS) is 23.4. The third-order valence-electron chi connectivity index (χ3n) is 2.44. The van der Waals surface area contributed by atoms with Gasteiger partial charge in [-0.1, -0.05) is 17.7 Å². The Bertz CT molecular complexity index is 542. The Hall–Kier alpha value is -1.54. The zero-order valence-electron chi connectivity index (χ0n) is 9.65. The van der Waals surface area contributed by atoms with Gasteiger partial charge < -0.3 is 10.4 Å². The molecule has 1 heterocycles. The Balaban J connectivity index is 2.22. The lowest BCUT2D eigenvalue weighted by molar-refractivity contribution is -0.242. The number of benzene rings is 1. The van der Waals surface area contributed by atoms with Crippen LogP contribution in [0.15, 0.2) is 29.3 Å². The highest BCUT2D eigenvalue weighted by molar-refractivity contribution is 8.27. The second-order valence-electron chi connectivity index (χ2n) is 3.97. The first kappa shape index (κ1) is 13.9. The van der Waals surface area contributed by atoms with Crippen molar-refractivity contribution >= 4 is 27.7 Å². The fourth-order valence-corrected chi connectivity index (χ4v) is 2.19. The highest BCUT2D eigenvalue weighted by Crippen LogP contribution is 2.40. The lowest BCUT2D eigenvalue weighted by atomic mass is 10.2. The number of hydrogen-bond donors (Lipinski definition) is 2. The molecule has 0 aromatic heterocycles. The van der Waals surface area contributed by atoms with Crippen LogP contribution in [0.25, 0.3) is 0 Å². The van der Waals surface area contributed by atoms with Crippen LogP contribution in [0.5, 0.6) is 0 Å². The molecule has 0 spiro atoms. The minimum atomic E-state index is -5.13. The van der Waals surface area contributed by atoms with E-state index >= 15 is 0 Å². The van der Waals surface area contributed by atoms with Crippen molar-refractivity contribution in [1.82, 2.24) is 0 Å². The Labute approximate surface area is 110 Å². The van der Waals surface area contributed by atoms with E-state index in [1.54, 1.807) is 24.3 Å². The number of amidine groups is 1. The summed E-state index contributed by atoms with van der Waals surface area (Å²) in [5, 5.41) is 10.1. The molecule has 19 heavy (non-hydrogen) atoms. The van der Waals surface area contributed by atoms with Crippen LogP contribution in [0.4, 0.5) is 18.9 Å². The zero-order chi connectivity index (χ0) is 14.3. The van der Waals surface area contributed by atoms with Gasteiger partial charge in [0.15, 0.2) is 5.17 Å². The van der Waals surface area contributed by atoms with Crippen molar-refractivity contribution in [2.24, 2.45) is 4.99 Å². The second kappa shape index (κ2) is 4.53. The number of alkyl halides is 3. The molecular formula is C11H9F3N2O2S. The Morgan fingerprint density at radius 3 is 2.37 bits per heavy atom. The van der Waals surface area contributed by atoms with Crippen LogP contribution in [0.3, 0.4) is 0 Å². The number of rotatable bonds is 1. The molecule has 1 aliphatic heterocycles. The molecular weight excluding hydrogens is 281 g/mol. The topological polar surface area (TPSA) is 61.7 Å². The molecule has 0 saturated heterocycles. The molecule has 0 radical (unpaired) electrons. The van der Waals surface area contributed by atoms with Crippen molar-refractivity contribution in [2.45, 2.75) is 18.8 Å². The Kier molecular flexibility index (Phi) is 3.31. The van der Waals surface area contributed by atoms with Crippen molar-refractivity contribution in [1.29, 1.82) is 0 Å². The Morgan fingerprint density at radius 2 is 1.89 bits per heavy atom. The molecule has 0 unspecified atom stereocenters. The van der Waals surface area contributed by atoms with Gasteiger partial charge in [-0.05, 0) is 30.8 Å². The maximum Gasteiger partial charge on any atom is 0.447 e. The monoisotopic (exact) mass is 290 g/mol. The summed E-state index contributed by atoms with van der Waals surface area (Å²) in [5.74, 6) is 0. The van der Waals surface area contributed by atoms with Gasteiger partial charge in [0.05, 0.1) is 0 Å². The van der Waals surface area contributed by atoms with Crippen molar-refractivity contribution in [3.05, 3.63) is 29.8 Å². The summed E-state index contributed by atoms with van der Waals surface area (Å²) in [6.07, 6.45) is -5.13. The number of anilines is 1. The fraction of sp³-hybridized carbons (Fsp3) is 0.273. The number of halogens is 3. The van der Waals surface area contributed by atoms with Gasteiger partial charge in [0.2, 0.25) is 0 Å². The molecule has 0 aliphatic carbocycles. The smallest absolute Gasteiger partial charge is 0.356 e. The minimum Gasteiger partial charge on any atom is -0.356 e. The number of thioether (sulfide) groups is 1. The molecule has 102 valence electrons. The molecule has 2 N–H and O–H groups in total. The molecule has 0 saturated carbocycles. The van der Waals surface area contributed by atoms with Crippen molar-refractivity contribution < 1.29 is 23.1 Å². The van der Waals surface area contributed by atoms with E-state index in [4.69, 9.17) is 0 Å². The Morgan fingerprint density at radius 1 is 1.32 bits per heavy atom. The molecule has 1 atom stereocenters. The lowest BCUT2D eigenvalue weighted by Gasteiger charge is -2.19. The van der Waals surface area contributed by atoms with E-state index in [0.29, 0.717) is 5.69 Å². The zero-order valence-corrected chi connectivity index (χ0v) is 10.5. The quantitative estimate of drug-likeness (QED) is 0.833. The molecule has 8 heteroatoms. The first-order valence-corrected chi connectivity index (χ1v) is 5.99. The third-order valence-corrected chi connectivity index (χ3v) is 3.29. The van der Waals surface area contributed by atoms with E-state index in [2.05, 4.69) is 10.3 Å². The van der Waals surface area contributed by atoms with Gasteiger partial charge in [-0.15, -0.1) is 0 Å². The van der Waals surface area contributed by atoms with Gasteiger partial charge in [0, 0.05) is 5.69 Å². The summed E-state index contributed by atoms with van der Waals surface area (Å²) in [6, 6.07) is 6.77. The van der Waals surface area contributed by atoms with E-state index in [1.165, 1.54) is 0 Å². The predicted molar refractivity (Wildman–Crippen MR) is 65.8 cm³/mol.